The number of oxazole rings is 1. The first kappa shape index (κ1) is 13.5. The fraction of sp³-hybridized carbons (Fsp3) is 0.0556. The van der Waals surface area contributed by atoms with Crippen LogP contribution in [0.3, 0.4) is 0 Å². The highest BCUT2D eigenvalue weighted by atomic mass is 16.4. The molecular weight excluding hydrogens is 294 g/mol. The zero-order valence-electron chi connectivity index (χ0n) is 12.2. The van der Waals surface area contributed by atoms with Crippen LogP contribution in [0.15, 0.2) is 62.2 Å². The lowest BCUT2D eigenvalue weighted by Gasteiger charge is -1.99. The molecule has 2 aromatic carbocycles. The lowest BCUT2D eigenvalue weighted by atomic mass is 10.1. The molecule has 0 amide bonds. The fourth-order valence-corrected chi connectivity index (χ4v) is 2.57. The quantitative estimate of drug-likeness (QED) is 0.419. The van der Waals surface area contributed by atoms with Crippen molar-refractivity contribution in [2.24, 2.45) is 0 Å². The number of carbonyl (C=O) groups is 1. The standard InChI is InChI=1S/C18H11NO4/c1-10-9-14(20)22-16-12(10)7-8-13-17(16)23-18(19-13)15(21)11-5-3-2-4-6-11/h2-9H,1H3. The molecule has 0 spiro atoms. The van der Waals surface area contributed by atoms with Gasteiger partial charge in [0.25, 0.3) is 5.89 Å². The minimum atomic E-state index is -0.463. The van der Waals surface area contributed by atoms with Crippen LogP contribution in [0, 0.1) is 6.92 Å². The van der Waals surface area contributed by atoms with Crippen molar-refractivity contribution < 1.29 is 13.6 Å². The Kier molecular flexibility index (Phi) is 2.87. The molecule has 0 N–H and O–H groups in total. The summed E-state index contributed by atoms with van der Waals surface area (Å²) in [6, 6.07) is 13.7. The molecule has 5 nitrogen and oxygen atoms in total. The van der Waals surface area contributed by atoms with Crippen molar-refractivity contribution in [2.75, 3.05) is 0 Å². The van der Waals surface area contributed by atoms with Crippen molar-refractivity contribution in [1.29, 1.82) is 0 Å². The van der Waals surface area contributed by atoms with E-state index in [1.165, 1.54) is 6.07 Å². The third kappa shape index (κ3) is 2.14. The second kappa shape index (κ2) is 4.91. The summed E-state index contributed by atoms with van der Waals surface area (Å²) in [7, 11) is 0. The van der Waals surface area contributed by atoms with Crippen LogP contribution in [0.4, 0.5) is 0 Å². The highest BCUT2D eigenvalue weighted by molar-refractivity contribution is 6.08. The van der Waals surface area contributed by atoms with Gasteiger partial charge in [-0.05, 0) is 24.6 Å². The number of rotatable bonds is 2. The predicted octanol–water partition coefficient (Wildman–Crippen LogP) is 3.47. The van der Waals surface area contributed by atoms with Gasteiger partial charge in [-0.1, -0.05) is 30.3 Å². The summed E-state index contributed by atoms with van der Waals surface area (Å²) in [5.41, 5.74) is 1.90. The van der Waals surface area contributed by atoms with E-state index in [0.717, 1.165) is 10.9 Å². The highest BCUT2D eigenvalue weighted by Gasteiger charge is 2.19. The summed E-state index contributed by atoms with van der Waals surface area (Å²) in [6.45, 7) is 1.82. The molecule has 0 aliphatic carbocycles. The van der Waals surface area contributed by atoms with Crippen LogP contribution in [0.2, 0.25) is 0 Å². The molecule has 0 aliphatic heterocycles. The number of carbonyl (C=O) groups excluding carboxylic acids is 1. The summed E-state index contributed by atoms with van der Waals surface area (Å²) in [4.78, 5) is 28.3. The lowest BCUT2D eigenvalue weighted by molar-refractivity contribution is 0.100. The van der Waals surface area contributed by atoms with Gasteiger partial charge in [-0.3, -0.25) is 4.79 Å². The summed E-state index contributed by atoms with van der Waals surface area (Å²) in [5.74, 6) is -0.340. The number of benzene rings is 2. The Morgan fingerprint density at radius 3 is 2.57 bits per heavy atom. The lowest BCUT2D eigenvalue weighted by Crippen LogP contribution is -2.00. The van der Waals surface area contributed by atoms with Crippen molar-refractivity contribution in [1.82, 2.24) is 4.98 Å². The molecule has 0 radical (unpaired) electrons. The molecule has 2 aromatic heterocycles. The number of hydrogen-bond acceptors (Lipinski definition) is 5. The number of hydrogen-bond donors (Lipinski definition) is 0. The Labute approximate surface area is 130 Å². The SMILES string of the molecule is Cc1cc(=O)oc2c1ccc1nc(C(=O)c3ccccc3)oc12. The molecule has 0 bridgehead atoms. The Morgan fingerprint density at radius 2 is 1.78 bits per heavy atom. The van der Waals surface area contributed by atoms with Gasteiger partial charge in [-0.25, -0.2) is 9.78 Å². The molecule has 5 heteroatoms. The molecule has 2 heterocycles. The van der Waals surface area contributed by atoms with Gasteiger partial charge >= 0.3 is 5.63 Å². The monoisotopic (exact) mass is 305 g/mol. The largest absolute Gasteiger partial charge is 0.429 e. The van der Waals surface area contributed by atoms with Crippen LogP contribution < -0.4 is 5.63 Å². The van der Waals surface area contributed by atoms with E-state index in [1.54, 1.807) is 36.4 Å². The summed E-state index contributed by atoms with van der Waals surface area (Å²) < 4.78 is 10.9. The maximum Gasteiger partial charge on any atom is 0.336 e. The molecular formula is C18H11NO4. The van der Waals surface area contributed by atoms with Crippen LogP contribution in [-0.2, 0) is 0 Å². The number of fused-ring (bicyclic) bond motifs is 3. The van der Waals surface area contributed by atoms with Gasteiger partial charge in [0.15, 0.2) is 11.2 Å². The molecule has 4 aromatic rings. The molecule has 112 valence electrons. The van der Waals surface area contributed by atoms with E-state index >= 15 is 0 Å². The average molecular weight is 305 g/mol. The van der Waals surface area contributed by atoms with Crippen LogP contribution in [0.5, 0.6) is 0 Å². The smallest absolute Gasteiger partial charge is 0.336 e. The van der Waals surface area contributed by atoms with Gasteiger partial charge in [0.1, 0.15) is 5.52 Å². The molecule has 0 saturated carbocycles. The van der Waals surface area contributed by atoms with Gasteiger partial charge < -0.3 is 8.83 Å². The highest BCUT2D eigenvalue weighted by Crippen LogP contribution is 2.27. The van der Waals surface area contributed by atoms with Crippen LogP contribution in [0.25, 0.3) is 22.1 Å². The maximum atomic E-state index is 12.4. The van der Waals surface area contributed by atoms with E-state index in [-0.39, 0.29) is 11.7 Å². The molecule has 23 heavy (non-hydrogen) atoms. The van der Waals surface area contributed by atoms with E-state index in [0.29, 0.717) is 22.2 Å². The predicted molar refractivity (Wildman–Crippen MR) is 84.7 cm³/mol. The van der Waals surface area contributed by atoms with Crippen molar-refractivity contribution in [3.8, 4) is 0 Å². The number of aryl methyl sites for hydroxylation is 1. The third-order valence-electron chi connectivity index (χ3n) is 3.70. The van der Waals surface area contributed by atoms with Crippen LogP contribution in [0.1, 0.15) is 21.8 Å². The van der Waals surface area contributed by atoms with E-state index in [9.17, 15) is 9.59 Å². The minimum absolute atomic E-state index is 0.0251. The summed E-state index contributed by atoms with van der Waals surface area (Å²) in [5, 5.41) is 0.756. The van der Waals surface area contributed by atoms with Crippen molar-refractivity contribution in [2.45, 2.75) is 6.92 Å². The number of aromatic nitrogens is 1. The first-order chi connectivity index (χ1) is 11.1. The number of ketones is 1. The number of nitrogens with zero attached hydrogens (tertiary/aromatic N) is 1. The van der Waals surface area contributed by atoms with Gasteiger partial charge in [0, 0.05) is 17.0 Å². The van der Waals surface area contributed by atoms with Crippen LogP contribution in [-0.4, -0.2) is 10.8 Å². The van der Waals surface area contributed by atoms with E-state index in [2.05, 4.69) is 4.98 Å². The molecule has 0 atom stereocenters. The Hall–Kier alpha value is -3.21. The molecule has 0 aliphatic rings. The van der Waals surface area contributed by atoms with E-state index in [1.807, 2.05) is 13.0 Å². The molecule has 0 unspecified atom stereocenters. The van der Waals surface area contributed by atoms with Crippen molar-refractivity contribution >= 4 is 27.9 Å². The van der Waals surface area contributed by atoms with Crippen molar-refractivity contribution in [3.63, 3.8) is 0 Å². The van der Waals surface area contributed by atoms with Crippen LogP contribution >= 0.6 is 0 Å². The Bertz CT molecular complexity index is 1110. The van der Waals surface area contributed by atoms with Gasteiger partial charge in [-0.2, -0.15) is 0 Å². The molecule has 0 saturated heterocycles. The first-order valence-corrected chi connectivity index (χ1v) is 7.07. The fourth-order valence-electron chi connectivity index (χ4n) is 2.57. The zero-order chi connectivity index (χ0) is 16.0. The topological polar surface area (TPSA) is 73.3 Å². The Balaban J connectivity index is 1.96. The molecule has 4 rings (SSSR count). The van der Waals surface area contributed by atoms with E-state index in [4.69, 9.17) is 8.83 Å². The summed E-state index contributed by atoms with van der Waals surface area (Å²) in [6.07, 6.45) is 0. The first-order valence-electron chi connectivity index (χ1n) is 7.07. The second-order valence-corrected chi connectivity index (χ2v) is 5.25. The maximum absolute atomic E-state index is 12.4. The van der Waals surface area contributed by atoms with Crippen molar-refractivity contribution in [3.05, 3.63) is 76.0 Å². The second-order valence-electron chi connectivity index (χ2n) is 5.25. The molecule has 0 fully saturated rings. The van der Waals surface area contributed by atoms with Gasteiger partial charge in [-0.15, -0.1) is 0 Å². The average Bonchev–Trinajstić information content (AvgIpc) is 2.99. The normalized spacial score (nSPS) is 11.2. The zero-order valence-corrected chi connectivity index (χ0v) is 12.2. The van der Waals surface area contributed by atoms with Gasteiger partial charge in [0.2, 0.25) is 5.78 Å². The van der Waals surface area contributed by atoms with Gasteiger partial charge in [0.05, 0.1) is 0 Å². The van der Waals surface area contributed by atoms with E-state index < -0.39 is 5.63 Å². The summed E-state index contributed by atoms with van der Waals surface area (Å²) >= 11 is 0. The third-order valence-corrected chi connectivity index (χ3v) is 3.70. The Morgan fingerprint density at radius 1 is 1.00 bits per heavy atom. The minimum Gasteiger partial charge on any atom is -0.429 e.